The zero-order valence-electron chi connectivity index (χ0n) is 17.1. The second-order valence-corrected chi connectivity index (χ2v) is 9.64. The van der Waals surface area contributed by atoms with E-state index in [9.17, 15) is 24.3 Å². The number of thiophene rings is 1. The third-order valence-electron chi connectivity index (χ3n) is 5.52. The number of amides is 1. The van der Waals surface area contributed by atoms with Crippen LogP contribution in [0.25, 0.3) is 10.1 Å². The molecule has 1 unspecified atom stereocenters. The summed E-state index contributed by atoms with van der Waals surface area (Å²) in [4.78, 5) is 52.2. The smallest absolute Gasteiger partial charge is 0.326 e. The van der Waals surface area contributed by atoms with Gasteiger partial charge >= 0.3 is 5.97 Å². The molecule has 1 aliphatic rings. The summed E-state index contributed by atoms with van der Waals surface area (Å²) in [5.41, 5.74) is 0.926. The van der Waals surface area contributed by atoms with Crippen LogP contribution in [0.2, 0.25) is 0 Å². The molecule has 0 saturated carbocycles. The second-order valence-electron chi connectivity index (χ2n) is 7.56. The van der Waals surface area contributed by atoms with E-state index in [1.165, 1.54) is 16.2 Å². The zero-order valence-corrected chi connectivity index (χ0v) is 18.7. The maximum absolute atomic E-state index is 13.5. The van der Waals surface area contributed by atoms with Crippen LogP contribution in [-0.2, 0) is 9.59 Å². The minimum Gasteiger partial charge on any atom is -0.480 e. The number of carbonyl (C=O) groups is 4. The van der Waals surface area contributed by atoms with Crippen LogP contribution in [0, 0.1) is 0 Å². The summed E-state index contributed by atoms with van der Waals surface area (Å²) in [6, 6.07) is 15.2. The van der Waals surface area contributed by atoms with Gasteiger partial charge in [-0.05, 0) is 18.9 Å². The number of thioether (sulfide) groups is 1. The first kappa shape index (κ1) is 22.2. The maximum Gasteiger partial charge on any atom is 0.326 e. The highest BCUT2D eigenvalue weighted by molar-refractivity contribution is 8.15. The Morgan fingerprint density at radius 2 is 1.78 bits per heavy atom. The summed E-state index contributed by atoms with van der Waals surface area (Å²) in [6.45, 7) is 0.343. The fourth-order valence-corrected chi connectivity index (χ4v) is 5.84. The van der Waals surface area contributed by atoms with Crippen molar-refractivity contribution in [3.05, 3.63) is 71.1 Å². The largest absolute Gasteiger partial charge is 0.480 e. The first-order valence-electron chi connectivity index (χ1n) is 10.2. The summed E-state index contributed by atoms with van der Waals surface area (Å²) in [5.74, 6) is -1.76. The summed E-state index contributed by atoms with van der Waals surface area (Å²) in [6.07, 6.45) is 0.771. The van der Waals surface area contributed by atoms with E-state index >= 15 is 0 Å². The molecule has 32 heavy (non-hydrogen) atoms. The molecule has 1 N–H and O–H groups in total. The topological polar surface area (TPSA) is 91.8 Å². The molecule has 0 bridgehead atoms. The Morgan fingerprint density at radius 1 is 1.06 bits per heavy atom. The molecule has 164 valence electrons. The molecule has 4 rings (SSSR count). The van der Waals surface area contributed by atoms with Gasteiger partial charge in [0, 0.05) is 39.6 Å². The summed E-state index contributed by atoms with van der Waals surface area (Å²) >= 11 is 2.27. The van der Waals surface area contributed by atoms with Crippen molar-refractivity contribution in [1.29, 1.82) is 0 Å². The molecule has 1 fully saturated rings. The summed E-state index contributed by atoms with van der Waals surface area (Å²) in [7, 11) is 0. The number of hydrogen-bond acceptors (Lipinski definition) is 6. The molecular formula is C24H21NO5S2. The van der Waals surface area contributed by atoms with Crippen molar-refractivity contribution in [2.45, 2.75) is 30.6 Å². The highest BCUT2D eigenvalue weighted by Gasteiger charge is 2.37. The minimum absolute atomic E-state index is 0.226. The quantitative estimate of drug-likeness (QED) is 0.515. The van der Waals surface area contributed by atoms with Crippen LogP contribution in [0.4, 0.5) is 0 Å². The molecule has 1 aromatic heterocycles. The van der Waals surface area contributed by atoms with Crippen molar-refractivity contribution in [2.24, 2.45) is 0 Å². The number of carbonyl (C=O) groups excluding carboxylic acids is 3. The Bertz CT molecular complexity index is 1170. The van der Waals surface area contributed by atoms with Crippen molar-refractivity contribution in [1.82, 2.24) is 4.90 Å². The van der Waals surface area contributed by atoms with Gasteiger partial charge in [0.1, 0.15) is 6.04 Å². The lowest BCUT2D eigenvalue weighted by Crippen LogP contribution is -2.42. The molecule has 2 aromatic carbocycles. The molecule has 6 nitrogen and oxygen atoms in total. The predicted octanol–water partition coefficient (Wildman–Crippen LogP) is 4.49. The van der Waals surface area contributed by atoms with Crippen LogP contribution in [0.3, 0.4) is 0 Å². The molecule has 1 amide bonds. The number of fused-ring (bicyclic) bond motifs is 1. The van der Waals surface area contributed by atoms with E-state index in [2.05, 4.69) is 0 Å². The van der Waals surface area contributed by atoms with E-state index in [0.29, 0.717) is 30.5 Å². The predicted molar refractivity (Wildman–Crippen MR) is 125 cm³/mol. The van der Waals surface area contributed by atoms with Crippen molar-refractivity contribution < 1.29 is 24.3 Å². The van der Waals surface area contributed by atoms with Gasteiger partial charge in [0.05, 0.1) is 5.25 Å². The van der Waals surface area contributed by atoms with Crippen molar-refractivity contribution >= 4 is 56.0 Å². The van der Waals surface area contributed by atoms with Gasteiger partial charge in [0.25, 0.3) is 0 Å². The van der Waals surface area contributed by atoms with Crippen molar-refractivity contribution in [2.75, 3.05) is 6.54 Å². The van der Waals surface area contributed by atoms with Crippen molar-refractivity contribution in [3.8, 4) is 0 Å². The second kappa shape index (κ2) is 9.67. The normalized spacial score (nSPS) is 16.8. The standard InChI is InChI=1S/C24H21NO5S2/c26-21(25-12-6-10-18(25)23(28)29)13-20(32-24(30)15-7-2-1-3-8-15)22(27)17-14-31-19-11-5-4-9-16(17)19/h1-5,7-9,11,14,18,20H,6,10,12-13H2,(H,28,29)/t18-,20?/m0/s1. The number of nitrogens with zero attached hydrogens (tertiary/aromatic N) is 1. The Hall–Kier alpha value is -2.97. The number of Topliss-reactive ketones (excluding diaryl/α,β-unsaturated/α-hetero) is 1. The number of benzene rings is 2. The first-order valence-corrected chi connectivity index (χ1v) is 12.0. The Labute approximate surface area is 193 Å². The third kappa shape index (κ3) is 4.61. The number of carboxylic acids is 1. The van der Waals surface area contributed by atoms with Crippen LogP contribution < -0.4 is 0 Å². The van der Waals surface area contributed by atoms with Gasteiger partial charge in [0.2, 0.25) is 11.0 Å². The van der Waals surface area contributed by atoms with Gasteiger partial charge in [0.15, 0.2) is 5.78 Å². The summed E-state index contributed by atoms with van der Waals surface area (Å²) in [5, 5.41) is 10.7. The SMILES string of the molecule is O=C(SC(CC(=O)N1CCC[C@H]1C(=O)O)C(=O)c1csc2ccccc12)c1ccccc1. The number of hydrogen-bond donors (Lipinski definition) is 1. The van der Waals surface area contributed by atoms with Gasteiger partial charge in [-0.15, -0.1) is 11.3 Å². The molecule has 0 spiro atoms. The van der Waals surface area contributed by atoms with E-state index < -0.39 is 23.2 Å². The Kier molecular flexibility index (Phi) is 6.72. The zero-order chi connectivity index (χ0) is 22.7. The number of ketones is 1. The molecule has 0 radical (unpaired) electrons. The van der Waals surface area contributed by atoms with E-state index in [0.717, 1.165) is 21.8 Å². The average Bonchev–Trinajstić information content (AvgIpc) is 3.46. The van der Waals surface area contributed by atoms with E-state index in [1.54, 1.807) is 35.7 Å². The van der Waals surface area contributed by atoms with Crippen molar-refractivity contribution in [3.63, 3.8) is 0 Å². The molecule has 0 aliphatic carbocycles. The Morgan fingerprint density at radius 3 is 2.53 bits per heavy atom. The molecule has 1 aliphatic heterocycles. The van der Waals surface area contributed by atoms with Crippen LogP contribution in [0.15, 0.2) is 60.0 Å². The van der Waals surface area contributed by atoms with Gasteiger partial charge in [-0.3, -0.25) is 14.4 Å². The molecule has 1 saturated heterocycles. The first-order chi connectivity index (χ1) is 15.5. The molecule has 8 heteroatoms. The molecule has 2 atom stereocenters. The monoisotopic (exact) mass is 467 g/mol. The fourth-order valence-electron chi connectivity index (χ4n) is 3.90. The number of likely N-dealkylation sites (tertiary alicyclic amines) is 1. The Balaban J connectivity index is 1.61. The van der Waals surface area contributed by atoms with Crippen LogP contribution in [0.5, 0.6) is 0 Å². The van der Waals surface area contributed by atoms with Gasteiger partial charge in [-0.1, -0.05) is 60.3 Å². The van der Waals surface area contributed by atoms with Crippen LogP contribution in [0.1, 0.15) is 40.0 Å². The number of aliphatic carboxylic acids is 1. The third-order valence-corrected chi connectivity index (χ3v) is 7.59. The number of carboxylic acid groups (broad SMARTS) is 1. The molecule has 2 heterocycles. The van der Waals surface area contributed by atoms with E-state index in [1.807, 2.05) is 24.3 Å². The highest BCUT2D eigenvalue weighted by atomic mass is 32.2. The lowest BCUT2D eigenvalue weighted by atomic mass is 10.0. The van der Waals surface area contributed by atoms with E-state index in [-0.39, 0.29) is 17.3 Å². The van der Waals surface area contributed by atoms with Gasteiger partial charge < -0.3 is 10.0 Å². The highest BCUT2D eigenvalue weighted by Crippen LogP contribution is 2.32. The van der Waals surface area contributed by atoms with E-state index in [4.69, 9.17) is 0 Å². The fraction of sp³-hybridized carbons (Fsp3) is 0.250. The lowest BCUT2D eigenvalue weighted by molar-refractivity contribution is -0.148. The van der Waals surface area contributed by atoms with Gasteiger partial charge in [-0.2, -0.15) is 0 Å². The lowest BCUT2D eigenvalue weighted by Gasteiger charge is -2.23. The average molecular weight is 468 g/mol. The molecular weight excluding hydrogens is 446 g/mol. The van der Waals surface area contributed by atoms with Crippen LogP contribution >= 0.6 is 23.1 Å². The number of rotatable bonds is 7. The molecule has 3 aromatic rings. The van der Waals surface area contributed by atoms with Crippen LogP contribution in [-0.4, -0.2) is 50.6 Å². The van der Waals surface area contributed by atoms with Gasteiger partial charge in [-0.25, -0.2) is 4.79 Å². The maximum atomic E-state index is 13.5. The summed E-state index contributed by atoms with van der Waals surface area (Å²) < 4.78 is 0.950. The minimum atomic E-state index is -1.05.